The summed E-state index contributed by atoms with van der Waals surface area (Å²) in [6, 6.07) is 0. The third kappa shape index (κ3) is 3.53. The third-order valence-corrected chi connectivity index (χ3v) is 2.20. The van der Waals surface area contributed by atoms with E-state index in [4.69, 9.17) is 0 Å². The molecule has 1 aliphatic rings. The lowest BCUT2D eigenvalue weighted by atomic mass is 9.98. The van der Waals surface area contributed by atoms with E-state index < -0.39 is 12.1 Å². The second-order valence-corrected chi connectivity index (χ2v) is 3.42. The minimum absolute atomic E-state index is 0.106. The van der Waals surface area contributed by atoms with Crippen LogP contribution >= 0.6 is 0 Å². The largest absolute Gasteiger partial charge is 0.471 e. The van der Waals surface area contributed by atoms with Crippen LogP contribution in [0.2, 0.25) is 0 Å². The fourth-order valence-electron chi connectivity index (χ4n) is 1.25. The Morgan fingerprint density at radius 2 is 2.07 bits per heavy atom. The minimum Gasteiger partial charge on any atom is -0.348 e. The zero-order chi connectivity index (χ0) is 10.6. The number of carbonyl (C=O) groups excluding carboxylic acids is 1. The fraction of sp³-hybridized carbons (Fsp3) is 0.875. The maximum atomic E-state index is 11.7. The van der Waals surface area contributed by atoms with E-state index in [1.165, 1.54) is 0 Å². The Morgan fingerprint density at radius 1 is 1.43 bits per heavy atom. The molecule has 0 aromatic carbocycles. The van der Waals surface area contributed by atoms with Gasteiger partial charge in [-0.3, -0.25) is 4.79 Å². The summed E-state index contributed by atoms with van der Waals surface area (Å²) >= 11 is 0. The van der Waals surface area contributed by atoms with E-state index in [-0.39, 0.29) is 6.54 Å². The van der Waals surface area contributed by atoms with Crippen molar-refractivity contribution < 1.29 is 18.0 Å². The molecule has 0 spiro atoms. The van der Waals surface area contributed by atoms with Crippen molar-refractivity contribution in [1.29, 1.82) is 0 Å². The first-order valence-electron chi connectivity index (χ1n) is 4.56. The molecule has 6 heteroatoms. The van der Waals surface area contributed by atoms with Crippen LogP contribution in [-0.2, 0) is 4.79 Å². The van der Waals surface area contributed by atoms with Gasteiger partial charge in [0.25, 0.3) is 0 Å². The molecule has 2 N–H and O–H groups in total. The molecule has 1 amide bonds. The number of rotatable bonds is 4. The predicted molar refractivity (Wildman–Crippen MR) is 44.7 cm³/mol. The first kappa shape index (κ1) is 11.3. The Labute approximate surface area is 80.0 Å². The van der Waals surface area contributed by atoms with Crippen molar-refractivity contribution in [2.45, 2.75) is 19.0 Å². The zero-order valence-corrected chi connectivity index (χ0v) is 7.66. The van der Waals surface area contributed by atoms with Gasteiger partial charge in [-0.05, 0) is 31.8 Å². The van der Waals surface area contributed by atoms with Gasteiger partial charge in [-0.25, -0.2) is 0 Å². The SMILES string of the molecule is O=C(NCCCC1CNC1)C(F)(F)F. The Morgan fingerprint density at radius 3 is 2.50 bits per heavy atom. The van der Waals surface area contributed by atoms with Crippen LogP contribution in [0, 0.1) is 5.92 Å². The van der Waals surface area contributed by atoms with Crippen LogP contribution in [-0.4, -0.2) is 31.7 Å². The van der Waals surface area contributed by atoms with Gasteiger partial charge in [0.1, 0.15) is 0 Å². The van der Waals surface area contributed by atoms with Gasteiger partial charge in [-0.2, -0.15) is 13.2 Å². The minimum atomic E-state index is -4.75. The van der Waals surface area contributed by atoms with Gasteiger partial charge >= 0.3 is 12.1 Å². The number of carbonyl (C=O) groups is 1. The molecule has 1 rings (SSSR count). The van der Waals surface area contributed by atoms with Crippen molar-refractivity contribution in [3.05, 3.63) is 0 Å². The van der Waals surface area contributed by atoms with Crippen LogP contribution in [0.5, 0.6) is 0 Å². The number of amides is 1. The maximum Gasteiger partial charge on any atom is 0.471 e. The fourth-order valence-corrected chi connectivity index (χ4v) is 1.25. The predicted octanol–water partition coefficient (Wildman–Crippen LogP) is 0.664. The highest BCUT2D eigenvalue weighted by molar-refractivity contribution is 5.81. The molecule has 3 nitrogen and oxygen atoms in total. The van der Waals surface area contributed by atoms with Gasteiger partial charge in [0.05, 0.1) is 0 Å². The topological polar surface area (TPSA) is 41.1 Å². The van der Waals surface area contributed by atoms with Crippen molar-refractivity contribution in [2.24, 2.45) is 5.92 Å². The lowest BCUT2D eigenvalue weighted by Crippen LogP contribution is -2.42. The van der Waals surface area contributed by atoms with Crippen LogP contribution in [0.25, 0.3) is 0 Å². The van der Waals surface area contributed by atoms with Crippen LogP contribution in [0.15, 0.2) is 0 Å². The monoisotopic (exact) mass is 210 g/mol. The van der Waals surface area contributed by atoms with E-state index in [9.17, 15) is 18.0 Å². The Kier molecular flexibility index (Phi) is 3.74. The van der Waals surface area contributed by atoms with E-state index in [0.717, 1.165) is 19.5 Å². The van der Waals surface area contributed by atoms with Crippen molar-refractivity contribution >= 4 is 5.91 Å². The molecule has 1 fully saturated rings. The summed E-state index contributed by atoms with van der Waals surface area (Å²) in [5.74, 6) is -1.28. The van der Waals surface area contributed by atoms with Gasteiger partial charge in [0.2, 0.25) is 0 Å². The molecule has 0 saturated carbocycles. The lowest BCUT2D eigenvalue weighted by Gasteiger charge is -2.26. The molecule has 1 heterocycles. The van der Waals surface area contributed by atoms with E-state index in [1.807, 2.05) is 5.32 Å². The second-order valence-electron chi connectivity index (χ2n) is 3.42. The summed E-state index contributed by atoms with van der Waals surface area (Å²) in [7, 11) is 0. The average molecular weight is 210 g/mol. The smallest absolute Gasteiger partial charge is 0.348 e. The Hall–Kier alpha value is -0.780. The zero-order valence-electron chi connectivity index (χ0n) is 7.66. The van der Waals surface area contributed by atoms with Crippen molar-refractivity contribution in [3.63, 3.8) is 0 Å². The first-order chi connectivity index (χ1) is 6.50. The van der Waals surface area contributed by atoms with Crippen molar-refractivity contribution in [3.8, 4) is 0 Å². The van der Waals surface area contributed by atoms with E-state index in [0.29, 0.717) is 12.3 Å². The quantitative estimate of drug-likeness (QED) is 0.669. The maximum absolute atomic E-state index is 11.7. The van der Waals surface area contributed by atoms with Crippen LogP contribution in [0.3, 0.4) is 0 Å². The summed E-state index contributed by atoms with van der Waals surface area (Å²) in [6.45, 7) is 1.98. The summed E-state index contributed by atoms with van der Waals surface area (Å²) in [5, 5.41) is 4.91. The van der Waals surface area contributed by atoms with Gasteiger partial charge in [-0.1, -0.05) is 0 Å². The molecule has 0 atom stereocenters. The number of halogens is 3. The molecule has 0 unspecified atom stereocenters. The van der Waals surface area contributed by atoms with Crippen LogP contribution in [0.4, 0.5) is 13.2 Å². The standard InChI is InChI=1S/C8H13F3N2O/c9-8(10,11)7(14)13-3-1-2-6-4-12-5-6/h6,12H,1-5H2,(H,13,14). The summed E-state index contributed by atoms with van der Waals surface area (Å²) in [5.41, 5.74) is 0. The number of alkyl halides is 3. The molecule has 14 heavy (non-hydrogen) atoms. The first-order valence-corrected chi connectivity index (χ1v) is 4.56. The van der Waals surface area contributed by atoms with Crippen LogP contribution < -0.4 is 10.6 Å². The van der Waals surface area contributed by atoms with Crippen LogP contribution in [0.1, 0.15) is 12.8 Å². The number of nitrogens with one attached hydrogen (secondary N) is 2. The van der Waals surface area contributed by atoms with Gasteiger partial charge in [-0.15, -0.1) is 0 Å². The van der Waals surface area contributed by atoms with Crippen molar-refractivity contribution in [1.82, 2.24) is 10.6 Å². The van der Waals surface area contributed by atoms with Gasteiger partial charge < -0.3 is 10.6 Å². The Balaban J connectivity index is 2.00. The van der Waals surface area contributed by atoms with E-state index in [2.05, 4.69) is 5.32 Å². The molecule has 0 aromatic rings. The molecular weight excluding hydrogens is 197 g/mol. The Bertz CT molecular complexity index is 201. The molecule has 82 valence electrons. The highest BCUT2D eigenvalue weighted by Gasteiger charge is 2.38. The molecule has 0 aromatic heterocycles. The van der Waals surface area contributed by atoms with Crippen molar-refractivity contribution in [2.75, 3.05) is 19.6 Å². The average Bonchev–Trinajstić information content (AvgIpc) is 1.98. The highest BCUT2D eigenvalue weighted by Crippen LogP contribution is 2.14. The number of hydrogen-bond donors (Lipinski definition) is 2. The van der Waals surface area contributed by atoms with E-state index >= 15 is 0 Å². The summed E-state index contributed by atoms with van der Waals surface area (Å²) < 4.78 is 35.1. The molecule has 1 aliphatic heterocycles. The van der Waals surface area contributed by atoms with Gasteiger partial charge in [0, 0.05) is 6.54 Å². The molecule has 1 saturated heterocycles. The third-order valence-electron chi connectivity index (χ3n) is 2.20. The highest BCUT2D eigenvalue weighted by atomic mass is 19.4. The van der Waals surface area contributed by atoms with E-state index in [1.54, 1.807) is 0 Å². The summed E-state index contributed by atoms with van der Waals surface area (Å²) in [6.07, 6.45) is -3.28. The molecule has 0 bridgehead atoms. The molecule has 0 radical (unpaired) electrons. The lowest BCUT2D eigenvalue weighted by molar-refractivity contribution is -0.173. The number of hydrogen-bond acceptors (Lipinski definition) is 2. The summed E-state index contributed by atoms with van der Waals surface area (Å²) in [4.78, 5) is 10.3. The second kappa shape index (κ2) is 4.63. The van der Waals surface area contributed by atoms with Gasteiger partial charge in [0.15, 0.2) is 0 Å². The molecule has 0 aliphatic carbocycles. The normalized spacial score (nSPS) is 17.6. The molecular formula is C8H13F3N2O.